The summed E-state index contributed by atoms with van der Waals surface area (Å²) in [6.45, 7) is 2.88. The average molecular weight is 379 g/mol. The number of benzene rings is 2. The Bertz CT molecular complexity index is 826. The summed E-state index contributed by atoms with van der Waals surface area (Å²) < 4.78 is 39.9. The molecule has 0 heterocycles. The van der Waals surface area contributed by atoms with Crippen LogP contribution < -0.4 is 11.1 Å². The minimum absolute atomic E-state index is 0.0656. The predicted octanol–water partition coefficient (Wildman–Crippen LogP) is 3.05. The zero-order valence-corrected chi connectivity index (χ0v) is 14.8. The third kappa shape index (κ3) is 5.55. The fourth-order valence-electron chi connectivity index (χ4n) is 2.58. The van der Waals surface area contributed by atoms with Crippen molar-refractivity contribution in [1.82, 2.24) is 4.90 Å². The fourth-order valence-corrected chi connectivity index (χ4v) is 2.58. The lowest BCUT2D eigenvalue weighted by Crippen LogP contribution is -2.33. The Balaban J connectivity index is 2.03. The van der Waals surface area contributed by atoms with E-state index >= 15 is 0 Å². The van der Waals surface area contributed by atoms with Crippen molar-refractivity contribution in [3.63, 3.8) is 0 Å². The summed E-state index contributed by atoms with van der Waals surface area (Å²) in [4.78, 5) is 25.1. The van der Waals surface area contributed by atoms with Crippen LogP contribution in [-0.2, 0) is 11.3 Å². The maximum absolute atomic E-state index is 13.7. The van der Waals surface area contributed by atoms with Crippen molar-refractivity contribution in [2.75, 3.05) is 18.4 Å². The van der Waals surface area contributed by atoms with Gasteiger partial charge in [0.25, 0.3) is 0 Å². The molecule has 8 heteroatoms. The summed E-state index contributed by atoms with van der Waals surface area (Å²) in [7, 11) is 0. The normalized spacial score (nSPS) is 10.9. The van der Waals surface area contributed by atoms with Gasteiger partial charge >= 0.3 is 0 Å². The zero-order chi connectivity index (χ0) is 20.0. The van der Waals surface area contributed by atoms with Gasteiger partial charge in [-0.2, -0.15) is 0 Å². The maximum Gasteiger partial charge on any atom is 0.248 e. The number of nitrogens with two attached hydrogens (primary N) is 1. The molecule has 2 amide bonds. The van der Waals surface area contributed by atoms with Gasteiger partial charge in [-0.1, -0.05) is 19.1 Å². The topological polar surface area (TPSA) is 75.4 Å². The van der Waals surface area contributed by atoms with Crippen molar-refractivity contribution in [2.24, 2.45) is 5.73 Å². The number of nitrogens with one attached hydrogen (secondary N) is 1. The number of primary amides is 1. The second-order valence-electron chi connectivity index (χ2n) is 6.04. The van der Waals surface area contributed by atoms with Crippen molar-refractivity contribution >= 4 is 17.5 Å². The van der Waals surface area contributed by atoms with Gasteiger partial charge in [0, 0.05) is 12.1 Å². The van der Waals surface area contributed by atoms with Crippen molar-refractivity contribution in [1.29, 1.82) is 0 Å². The molecule has 144 valence electrons. The average Bonchev–Trinajstić information content (AvgIpc) is 2.63. The first kappa shape index (κ1) is 20.4. The predicted molar refractivity (Wildman–Crippen MR) is 95.5 cm³/mol. The highest BCUT2D eigenvalue weighted by molar-refractivity contribution is 5.93. The summed E-state index contributed by atoms with van der Waals surface area (Å²) >= 11 is 0. The quantitative estimate of drug-likeness (QED) is 0.693. The van der Waals surface area contributed by atoms with E-state index in [4.69, 9.17) is 5.73 Å². The summed E-state index contributed by atoms with van der Waals surface area (Å²) in [5, 5.41) is 2.25. The third-order valence-corrected chi connectivity index (χ3v) is 3.86. The number of rotatable bonds is 8. The van der Waals surface area contributed by atoms with Crippen LogP contribution in [0.25, 0.3) is 0 Å². The van der Waals surface area contributed by atoms with Gasteiger partial charge < -0.3 is 11.1 Å². The minimum Gasteiger partial charge on any atom is -0.366 e. The molecule has 0 aliphatic heterocycles. The van der Waals surface area contributed by atoms with Crippen LogP contribution in [0.4, 0.5) is 18.9 Å². The monoisotopic (exact) mass is 379 g/mol. The molecular formula is C19H20F3N3O2. The van der Waals surface area contributed by atoms with Gasteiger partial charge in [0.2, 0.25) is 11.8 Å². The SMILES string of the molecule is CCCN(CC(=O)Nc1ccc(F)c(F)c1F)Cc1ccc(C(N)=O)cc1. The second-order valence-corrected chi connectivity index (χ2v) is 6.04. The van der Waals surface area contributed by atoms with Gasteiger partial charge in [-0.3, -0.25) is 14.5 Å². The number of anilines is 1. The van der Waals surface area contributed by atoms with Crippen LogP contribution in [0.5, 0.6) is 0 Å². The van der Waals surface area contributed by atoms with Crippen LogP contribution in [0.15, 0.2) is 36.4 Å². The fraction of sp³-hybridized carbons (Fsp3) is 0.263. The van der Waals surface area contributed by atoms with E-state index in [9.17, 15) is 22.8 Å². The Morgan fingerprint density at radius 1 is 1.04 bits per heavy atom. The molecule has 2 rings (SSSR count). The summed E-state index contributed by atoms with van der Waals surface area (Å²) in [6, 6.07) is 8.37. The molecule has 3 N–H and O–H groups in total. The van der Waals surface area contributed by atoms with Crippen LogP contribution in [0.2, 0.25) is 0 Å². The summed E-state index contributed by atoms with van der Waals surface area (Å²) in [5.41, 5.74) is 6.03. The van der Waals surface area contributed by atoms with Gasteiger partial charge in [0.15, 0.2) is 17.5 Å². The molecule has 0 fully saturated rings. The first-order valence-electron chi connectivity index (χ1n) is 8.36. The number of nitrogens with zero attached hydrogens (tertiary/aromatic N) is 1. The van der Waals surface area contributed by atoms with E-state index in [1.165, 1.54) is 0 Å². The van der Waals surface area contributed by atoms with E-state index in [1.54, 1.807) is 24.3 Å². The highest BCUT2D eigenvalue weighted by Crippen LogP contribution is 2.19. The van der Waals surface area contributed by atoms with Crippen molar-refractivity contribution in [3.8, 4) is 0 Å². The molecule has 0 aliphatic carbocycles. The number of carbonyl (C=O) groups is 2. The summed E-state index contributed by atoms with van der Waals surface area (Å²) in [5.74, 6) is -5.47. The number of carbonyl (C=O) groups excluding carboxylic acids is 2. The van der Waals surface area contributed by atoms with E-state index in [-0.39, 0.29) is 6.54 Å². The molecular weight excluding hydrogens is 359 g/mol. The van der Waals surface area contributed by atoms with Crippen molar-refractivity contribution < 1.29 is 22.8 Å². The lowest BCUT2D eigenvalue weighted by atomic mass is 10.1. The van der Waals surface area contributed by atoms with Gasteiger partial charge in [0.05, 0.1) is 12.2 Å². The first-order chi connectivity index (χ1) is 12.8. The maximum atomic E-state index is 13.7. The molecule has 0 unspecified atom stereocenters. The molecule has 5 nitrogen and oxygen atoms in total. The minimum atomic E-state index is -1.63. The highest BCUT2D eigenvalue weighted by atomic mass is 19.2. The van der Waals surface area contributed by atoms with Crippen LogP contribution in [0.3, 0.4) is 0 Å². The molecule has 2 aromatic carbocycles. The Morgan fingerprint density at radius 3 is 2.30 bits per heavy atom. The van der Waals surface area contributed by atoms with Crippen molar-refractivity contribution in [3.05, 3.63) is 65.0 Å². The lowest BCUT2D eigenvalue weighted by Gasteiger charge is -2.21. The van der Waals surface area contributed by atoms with E-state index in [1.807, 2.05) is 11.8 Å². The van der Waals surface area contributed by atoms with E-state index in [0.29, 0.717) is 18.7 Å². The second kappa shape index (κ2) is 9.18. The van der Waals surface area contributed by atoms with Gasteiger partial charge in [0.1, 0.15) is 0 Å². The number of hydrogen-bond acceptors (Lipinski definition) is 3. The Labute approximate surface area is 155 Å². The molecule has 27 heavy (non-hydrogen) atoms. The summed E-state index contributed by atoms with van der Waals surface area (Å²) in [6.07, 6.45) is 0.770. The molecule has 0 aliphatic rings. The highest BCUT2D eigenvalue weighted by Gasteiger charge is 2.17. The molecule has 0 saturated carbocycles. The van der Waals surface area contributed by atoms with Gasteiger partial charge in [-0.25, -0.2) is 13.2 Å². The molecule has 2 aromatic rings. The Kier molecular flexibility index (Phi) is 6.95. The van der Waals surface area contributed by atoms with Crippen LogP contribution in [0, 0.1) is 17.5 Å². The van der Waals surface area contributed by atoms with Crippen LogP contribution in [-0.4, -0.2) is 29.8 Å². The first-order valence-corrected chi connectivity index (χ1v) is 8.36. The third-order valence-electron chi connectivity index (χ3n) is 3.86. The molecule has 0 radical (unpaired) electrons. The standard InChI is InChI=1S/C19H20F3N3O2/c1-2-9-25(10-12-3-5-13(6-4-12)19(23)27)11-16(26)24-15-8-7-14(20)17(21)18(15)22/h3-8H,2,9-11H2,1H3,(H2,23,27)(H,24,26). The molecule has 0 saturated heterocycles. The number of halogens is 3. The molecule has 0 aromatic heterocycles. The smallest absolute Gasteiger partial charge is 0.248 e. The van der Waals surface area contributed by atoms with Crippen LogP contribution in [0.1, 0.15) is 29.3 Å². The zero-order valence-electron chi connectivity index (χ0n) is 14.8. The Morgan fingerprint density at radius 2 is 1.70 bits per heavy atom. The van der Waals surface area contributed by atoms with Crippen LogP contribution >= 0.6 is 0 Å². The molecule has 0 bridgehead atoms. The Hall–Kier alpha value is -2.87. The van der Waals surface area contributed by atoms with E-state index < -0.39 is 35.0 Å². The van der Waals surface area contributed by atoms with E-state index in [0.717, 1.165) is 24.1 Å². The number of amides is 2. The molecule has 0 spiro atoms. The van der Waals surface area contributed by atoms with E-state index in [2.05, 4.69) is 5.32 Å². The van der Waals surface area contributed by atoms with Gasteiger partial charge in [-0.15, -0.1) is 0 Å². The van der Waals surface area contributed by atoms with Crippen molar-refractivity contribution in [2.45, 2.75) is 19.9 Å². The lowest BCUT2D eigenvalue weighted by molar-refractivity contribution is -0.117. The largest absolute Gasteiger partial charge is 0.366 e. The molecule has 0 atom stereocenters. The number of hydrogen-bond donors (Lipinski definition) is 2. The van der Waals surface area contributed by atoms with Gasteiger partial charge in [-0.05, 0) is 42.8 Å².